The van der Waals surface area contributed by atoms with Gasteiger partial charge in [-0.3, -0.25) is 9.89 Å². The maximum Gasteiger partial charge on any atom is 0.191 e. The van der Waals surface area contributed by atoms with Crippen molar-refractivity contribution in [2.75, 3.05) is 32.9 Å². The van der Waals surface area contributed by atoms with Crippen LogP contribution in [0.25, 0.3) is 0 Å². The molecule has 0 spiro atoms. The van der Waals surface area contributed by atoms with E-state index in [1.54, 1.807) is 0 Å². The summed E-state index contributed by atoms with van der Waals surface area (Å²) in [6, 6.07) is 1.20. The summed E-state index contributed by atoms with van der Waals surface area (Å²) in [5.41, 5.74) is 0. The highest BCUT2D eigenvalue weighted by atomic mass is 127. The zero-order valence-corrected chi connectivity index (χ0v) is 18.8. The van der Waals surface area contributed by atoms with E-state index in [9.17, 15) is 0 Å². The van der Waals surface area contributed by atoms with Crippen LogP contribution in [0, 0.1) is 0 Å². The van der Waals surface area contributed by atoms with E-state index in [-0.39, 0.29) is 28.7 Å². The van der Waals surface area contributed by atoms with E-state index >= 15 is 0 Å². The fourth-order valence-corrected chi connectivity index (χ4v) is 2.39. The highest BCUT2D eigenvalue weighted by Gasteiger charge is 2.16. The topological polar surface area (TPSA) is 39.7 Å². The van der Waals surface area contributed by atoms with Crippen LogP contribution in [0.2, 0.25) is 0 Å². The van der Waals surface area contributed by atoms with Gasteiger partial charge in [-0.1, -0.05) is 0 Å². The van der Waals surface area contributed by atoms with Crippen molar-refractivity contribution in [3.05, 3.63) is 0 Å². The minimum Gasteiger partial charge on any atom is -0.356 e. The molecule has 0 aliphatic rings. The quantitative estimate of drug-likeness (QED) is 0.248. The van der Waals surface area contributed by atoms with Gasteiger partial charge in [-0.05, 0) is 54.2 Å². The van der Waals surface area contributed by atoms with Crippen molar-refractivity contribution in [3.8, 4) is 0 Å². The molecule has 0 aliphatic heterocycles. The molecule has 0 atom stereocenters. The highest BCUT2D eigenvalue weighted by molar-refractivity contribution is 14.0. The number of rotatable bonds is 9. The standard InChI is InChI=1S/C16H36N4S.HI/c1-13(2)20(14(3)4)11-9-10-18-15(17-7)19-12-16(5,6)21-8;/h13-14H,9-12H2,1-8H3,(H2,17,18,19);1H. The molecule has 0 fully saturated rings. The summed E-state index contributed by atoms with van der Waals surface area (Å²) in [6.07, 6.45) is 3.27. The Balaban J connectivity index is 0. The summed E-state index contributed by atoms with van der Waals surface area (Å²) in [5.74, 6) is 0.901. The number of hydrogen-bond acceptors (Lipinski definition) is 3. The minimum absolute atomic E-state index is 0. The van der Waals surface area contributed by atoms with E-state index in [1.807, 2.05) is 18.8 Å². The lowest BCUT2D eigenvalue weighted by molar-refractivity contribution is 0.173. The molecule has 0 aromatic carbocycles. The molecule has 0 radical (unpaired) electrons. The van der Waals surface area contributed by atoms with Gasteiger partial charge in [0.2, 0.25) is 0 Å². The van der Waals surface area contributed by atoms with E-state index in [0.717, 1.165) is 32.0 Å². The Labute approximate surface area is 159 Å². The van der Waals surface area contributed by atoms with Gasteiger partial charge in [-0.25, -0.2) is 0 Å². The van der Waals surface area contributed by atoms with Crippen LogP contribution in [0.15, 0.2) is 4.99 Å². The first-order valence-electron chi connectivity index (χ1n) is 7.99. The summed E-state index contributed by atoms with van der Waals surface area (Å²) in [6.45, 7) is 16.5. The average molecular weight is 444 g/mol. The van der Waals surface area contributed by atoms with Crippen LogP contribution in [0.4, 0.5) is 0 Å². The van der Waals surface area contributed by atoms with E-state index in [0.29, 0.717) is 12.1 Å². The van der Waals surface area contributed by atoms with Gasteiger partial charge < -0.3 is 10.6 Å². The zero-order chi connectivity index (χ0) is 16.5. The second-order valence-electron chi connectivity index (χ2n) is 6.60. The lowest BCUT2D eigenvalue weighted by atomic mass is 10.2. The van der Waals surface area contributed by atoms with E-state index in [1.165, 1.54) is 0 Å². The molecule has 4 nitrogen and oxygen atoms in total. The third kappa shape index (κ3) is 10.9. The predicted octanol–water partition coefficient (Wildman–Crippen LogP) is 3.42. The SMILES string of the molecule is CN=C(NCCCN(C(C)C)C(C)C)NCC(C)(C)SC.I. The fraction of sp³-hybridized carbons (Fsp3) is 0.938. The number of nitrogens with one attached hydrogen (secondary N) is 2. The van der Waals surface area contributed by atoms with Gasteiger partial charge in [0.15, 0.2) is 5.96 Å². The molecule has 0 aromatic rings. The van der Waals surface area contributed by atoms with E-state index in [2.05, 4.69) is 68.3 Å². The number of aliphatic imine (C=N–C) groups is 1. The number of thioether (sulfide) groups is 1. The first-order chi connectivity index (χ1) is 9.73. The molecule has 2 N–H and O–H groups in total. The smallest absolute Gasteiger partial charge is 0.191 e. The Morgan fingerprint density at radius 2 is 1.68 bits per heavy atom. The third-order valence-corrected chi connectivity index (χ3v) is 4.92. The van der Waals surface area contributed by atoms with Gasteiger partial charge in [-0.15, -0.1) is 24.0 Å². The average Bonchev–Trinajstić information content (AvgIpc) is 2.41. The van der Waals surface area contributed by atoms with E-state index < -0.39 is 0 Å². The second kappa shape index (κ2) is 12.7. The van der Waals surface area contributed by atoms with Crippen LogP contribution in [-0.4, -0.2) is 60.6 Å². The maximum absolute atomic E-state index is 4.28. The molecular formula is C16H37IN4S. The van der Waals surface area contributed by atoms with Crippen LogP contribution < -0.4 is 10.6 Å². The van der Waals surface area contributed by atoms with Crippen molar-refractivity contribution in [1.29, 1.82) is 0 Å². The first-order valence-corrected chi connectivity index (χ1v) is 9.21. The normalized spacial score (nSPS) is 12.8. The van der Waals surface area contributed by atoms with Crippen molar-refractivity contribution in [2.24, 2.45) is 4.99 Å². The van der Waals surface area contributed by atoms with Crippen molar-refractivity contribution >= 4 is 41.7 Å². The molecule has 0 heterocycles. The summed E-state index contributed by atoms with van der Waals surface area (Å²) in [5, 5.41) is 6.80. The molecule has 0 saturated carbocycles. The summed E-state index contributed by atoms with van der Waals surface area (Å²) in [4.78, 5) is 6.81. The Hall–Kier alpha value is 0.310. The Kier molecular flexibility index (Phi) is 14.2. The number of nitrogens with zero attached hydrogens (tertiary/aromatic N) is 2. The molecule has 134 valence electrons. The number of guanidine groups is 1. The Bertz CT molecular complexity index is 299. The largest absolute Gasteiger partial charge is 0.356 e. The van der Waals surface area contributed by atoms with Gasteiger partial charge in [0.05, 0.1) is 0 Å². The molecule has 0 aliphatic carbocycles. The fourth-order valence-electron chi connectivity index (χ4n) is 2.17. The van der Waals surface area contributed by atoms with Crippen LogP contribution in [0.5, 0.6) is 0 Å². The summed E-state index contributed by atoms with van der Waals surface area (Å²) in [7, 11) is 1.83. The van der Waals surface area contributed by atoms with Gasteiger partial charge in [0.1, 0.15) is 0 Å². The zero-order valence-electron chi connectivity index (χ0n) is 15.7. The van der Waals surface area contributed by atoms with E-state index in [4.69, 9.17) is 0 Å². The van der Waals surface area contributed by atoms with Crippen molar-refractivity contribution in [2.45, 2.75) is 64.8 Å². The van der Waals surface area contributed by atoms with Crippen LogP contribution in [0.1, 0.15) is 48.0 Å². The third-order valence-electron chi connectivity index (χ3n) is 3.67. The number of hydrogen-bond donors (Lipinski definition) is 2. The summed E-state index contributed by atoms with van der Waals surface area (Å²) < 4.78 is 0.226. The van der Waals surface area contributed by atoms with Gasteiger partial charge in [-0.2, -0.15) is 11.8 Å². The van der Waals surface area contributed by atoms with Gasteiger partial charge in [0.25, 0.3) is 0 Å². The minimum atomic E-state index is 0. The van der Waals surface area contributed by atoms with Crippen LogP contribution in [-0.2, 0) is 0 Å². The highest BCUT2D eigenvalue weighted by Crippen LogP contribution is 2.19. The predicted molar refractivity (Wildman–Crippen MR) is 114 cm³/mol. The Morgan fingerprint density at radius 3 is 2.09 bits per heavy atom. The molecule has 22 heavy (non-hydrogen) atoms. The molecule has 0 unspecified atom stereocenters. The van der Waals surface area contributed by atoms with Crippen molar-refractivity contribution in [1.82, 2.24) is 15.5 Å². The molecule has 0 amide bonds. The maximum atomic E-state index is 4.28. The second-order valence-corrected chi connectivity index (χ2v) is 8.11. The monoisotopic (exact) mass is 444 g/mol. The lowest BCUT2D eigenvalue weighted by Gasteiger charge is -2.30. The molecule has 0 rings (SSSR count). The summed E-state index contributed by atoms with van der Waals surface area (Å²) >= 11 is 1.87. The lowest BCUT2D eigenvalue weighted by Crippen LogP contribution is -2.44. The first kappa shape index (κ1) is 24.6. The van der Waals surface area contributed by atoms with Gasteiger partial charge >= 0.3 is 0 Å². The molecule has 0 saturated heterocycles. The number of halogens is 1. The van der Waals surface area contributed by atoms with Crippen molar-refractivity contribution < 1.29 is 0 Å². The molecule has 0 aromatic heterocycles. The molecule has 6 heteroatoms. The van der Waals surface area contributed by atoms with Gasteiger partial charge in [0, 0.05) is 43.5 Å². The molecule has 0 bridgehead atoms. The van der Waals surface area contributed by atoms with Crippen molar-refractivity contribution in [3.63, 3.8) is 0 Å². The van der Waals surface area contributed by atoms with Crippen LogP contribution in [0.3, 0.4) is 0 Å². The van der Waals surface area contributed by atoms with Crippen LogP contribution >= 0.6 is 35.7 Å². The Morgan fingerprint density at radius 1 is 1.14 bits per heavy atom. The molecular weight excluding hydrogens is 407 g/mol.